The normalized spacial score (nSPS) is 14.5. The van der Waals surface area contributed by atoms with E-state index in [2.05, 4.69) is 99.6 Å². The van der Waals surface area contributed by atoms with Crippen LogP contribution in [0.25, 0.3) is 34.0 Å². The van der Waals surface area contributed by atoms with E-state index in [0.717, 1.165) is 66.3 Å². The average molecular weight is 504 g/mol. The van der Waals surface area contributed by atoms with Crippen LogP contribution >= 0.6 is 0 Å². The van der Waals surface area contributed by atoms with E-state index in [0.29, 0.717) is 5.70 Å². The largest absolute Gasteiger partial charge is 0.381 e. The van der Waals surface area contributed by atoms with Crippen LogP contribution in [0.4, 0.5) is 11.4 Å². The first-order valence-electron chi connectivity index (χ1n) is 12.9. The molecule has 0 aliphatic carbocycles. The lowest BCUT2D eigenvalue weighted by Gasteiger charge is -2.29. The van der Waals surface area contributed by atoms with Gasteiger partial charge in [-0.15, -0.1) is 0 Å². The van der Waals surface area contributed by atoms with Crippen molar-refractivity contribution in [3.63, 3.8) is 0 Å². The van der Waals surface area contributed by atoms with Crippen LogP contribution in [0.1, 0.15) is 12.5 Å². The van der Waals surface area contributed by atoms with Crippen molar-refractivity contribution in [3.05, 3.63) is 97.6 Å². The number of hydrogen-bond donors (Lipinski definition) is 2. The van der Waals surface area contributed by atoms with Crippen LogP contribution in [0.3, 0.4) is 0 Å². The van der Waals surface area contributed by atoms with Gasteiger partial charge in [0.1, 0.15) is 0 Å². The van der Waals surface area contributed by atoms with Crippen LogP contribution in [0.5, 0.6) is 0 Å². The number of fused-ring (bicyclic) bond motifs is 2. The van der Waals surface area contributed by atoms with Crippen LogP contribution in [-0.2, 0) is 0 Å². The van der Waals surface area contributed by atoms with Gasteiger partial charge < -0.3 is 15.5 Å². The summed E-state index contributed by atoms with van der Waals surface area (Å²) < 4.78 is 1.88. The lowest BCUT2D eigenvalue weighted by atomic mass is 9.98. The highest BCUT2D eigenvalue weighted by atomic mass is 15.2. The van der Waals surface area contributed by atoms with Crippen molar-refractivity contribution < 1.29 is 0 Å². The molecule has 0 amide bonds. The summed E-state index contributed by atoms with van der Waals surface area (Å²) in [5, 5.41) is 11.4. The van der Waals surface area contributed by atoms with Gasteiger partial charge in [-0.3, -0.25) is 4.99 Å². The molecule has 0 radical (unpaired) electrons. The highest BCUT2D eigenvalue weighted by molar-refractivity contribution is 5.89. The number of benzene rings is 2. The molecule has 2 aliphatic heterocycles. The standard InChI is InChI=1S/C25H24N6.C6H9N/c1-3-21(22-4-2-10-27-24(22)5-1)23-16-29-31-17-19(15-28-25(23)31)18-6-8-20(9-7-18)30-13-11-26-12-14-30;1-4-6(3)7-5-2/h1-9,15-17,26-27H,10-14H2;4-5H,1,3H2,2H3. The number of hydrogen-bond acceptors (Lipinski definition) is 6. The first-order chi connectivity index (χ1) is 18.7. The van der Waals surface area contributed by atoms with Gasteiger partial charge in [-0.2, -0.15) is 5.10 Å². The van der Waals surface area contributed by atoms with E-state index >= 15 is 0 Å². The molecule has 1 saturated heterocycles. The third-order valence-electron chi connectivity index (χ3n) is 6.66. The van der Waals surface area contributed by atoms with E-state index in [9.17, 15) is 0 Å². The van der Waals surface area contributed by atoms with Crippen LogP contribution < -0.4 is 15.5 Å². The minimum Gasteiger partial charge on any atom is -0.381 e. The molecule has 7 heteroatoms. The smallest absolute Gasteiger partial charge is 0.162 e. The maximum absolute atomic E-state index is 4.79. The molecule has 2 aromatic carbocycles. The number of allylic oxidation sites excluding steroid dienone is 1. The van der Waals surface area contributed by atoms with E-state index in [4.69, 9.17) is 4.98 Å². The van der Waals surface area contributed by atoms with Gasteiger partial charge in [-0.05, 0) is 42.3 Å². The van der Waals surface area contributed by atoms with Gasteiger partial charge in [0, 0.05) is 79.4 Å². The van der Waals surface area contributed by atoms with Crippen molar-refractivity contribution in [2.75, 3.05) is 42.9 Å². The molecular weight excluding hydrogens is 470 g/mol. The maximum atomic E-state index is 4.79. The molecule has 1 fully saturated rings. The summed E-state index contributed by atoms with van der Waals surface area (Å²) in [5.41, 5.74) is 9.61. The summed E-state index contributed by atoms with van der Waals surface area (Å²) in [6.07, 6.45) is 13.5. The molecule has 38 heavy (non-hydrogen) atoms. The Morgan fingerprint density at radius 2 is 1.84 bits per heavy atom. The number of nitrogens with zero attached hydrogens (tertiary/aromatic N) is 5. The third-order valence-corrected chi connectivity index (χ3v) is 6.66. The van der Waals surface area contributed by atoms with Gasteiger partial charge in [0.25, 0.3) is 0 Å². The van der Waals surface area contributed by atoms with Gasteiger partial charge in [-0.1, -0.05) is 49.6 Å². The summed E-state index contributed by atoms with van der Waals surface area (Å²) in [5.74, 6) is 0. The van der Waals surface area contributed by atoms with Crippen LogP contribution in [0, 0.1) is 0 Å². The molecule has 4 heterocycles. The molecule has 0 saturated carbocycles. The fourth-order valence-corrected chi connectivity index (χ4v) is 4.70. The van der Waals surface area contributed by atoms with Crippen LogP contribution in [0.15, 0.2) is 97.1 Å². The lowest BCUT2D eigenvalue weighted by molar-refractivity contribution is 0.589. The Labute approximate surface area is 223 Å². The zero-order valence-corrected chi connectivity index (χ0v) is 21.8. The van der Waals surface area contributed by atoms with Crippen molar-refractivity contribution in [1.29, 1.82) is 0 Å². The summed E-state index contributed by atoms with van der Waals surface area (Å²) in [6, 6.07) is 15.1. The Balaban J connectivity index is 0.000000374. The fourth-order valence-electron chi connectivity index (χ4n) is 4.70. The average Bonchev–Trinajstić information content (AvgIpc) is 3.41. The van der Waals surface area contributed by atoms with E-state index in [-0.39, 0.29) is 0 Å². The van der Waals surface area contributed by atoms with Gasteiger partial charge in [0.15, 0.2) is 5.65 Å². The number of rotatable bonds is 5. The van der Waals surface area contributed by atoms with Crippen molar-refractivity contribution in [1.82, 2.24) is 19.9 Å². The maximum Gasteiger partial charge on any atom is 0.162 e. The SMILES string of the molecule is C1=Cc2c(cccc2-c2cnn3cc(-c4ccc(N5CCNCC5)cc4)cnc23)NC1.C=CC(=C)N=CC. The number of nitrogens with one attached hydrogen (secondary N) is 2. The Morgan fingerprint density at radius 1 is 1.03 bits per heavy atom. The molecule has 2 aliphatic rings. The first-order valence-corrected chi connectivity index (χ1v) is 12.9. The second kappa shape index (κ2) is 11.7. The van der Waals surface area contributed by atoms with Gasteiger partial charge in [0.05, 0.1) is 11.9 Å². The summed E-state index contributed by atoms with van der Waals surface area (Å²) in [4.78, 5) is 11.0. The van der Waals surface area contributed by atoms with Crippen molar-refractivity contribution in [2.24, 2.45) is 4.99 Å². The van der Waals surface area contributed by atoms with Crippen LogP contribution in [0.2, 0.25) is 0 Å². The summed E-state index contributed by atoms with van der Waals surface area (Å²) >= 11 is 0. The lowest BCUT2D eigenvalue weighted by Crippen LogP contribution is -2.43. The summed E-state index contributed by atoms with van der Waals surface area (Å²) in [6.45, 7) is 13.9. The Bertz CT molecular complexity index is 1490. The van der Waals surface area contributed by atoms with Crippen LogP contribution in [-0.4, -0.2) is 53.5 Å². The van der Waals surface area contributed by atoms with Gasteiger partial charge in [-0.25, -0.2) is 9.50 Å². The molecule has 2 N–H and O–H groups in total. The Morgan fingerprint density at radius 3 is 2.58 bits per heavy atom. The molecule has 7 nitrogen and oxygen atoms in total. The highest BCUT2D eigenvalue weighted by Gasteiger charge is 2.16. The molecule has 0 bridgehead atoms. The Hall–Kier alpha value is -4.49. The van der Waals surface area contributed by atoms with E-state index in [1.54, 1.807) is 12.3 Å². The van der Waals surface area contributed by atoms with Gasteiger partial charge >= 0.3 is 0 Å². The minimum atomic E-state index is 0.711. The zero-order valence-electron chi connectivity index (χ0n) is 21.8. The predicted molar refractivity (Wildman–Crippen MR) is 160 cm³/mol. The number of aliphatic imine (C=N–C) groups is 1. The number of aromatic nitrogens is 3. The predicted octanol–water partition coefficient (Wildman–Crippen LogP) is 5.69. The molecule has 0 atom stereocenters. The van der Waals surface area contributed by atoms with Gasteiger partial charge in [0.2, 0.25) is 0 Å². The second-order valence-corrected chi connectivity index (χ2v) is 9.09. The third kappa shape index (κ3) is 5.43. The fraction of sp³-hybridized carbons (Fsp3) is 0.194. The van der Waals surface area contributed by atoms with Crippen molar-refractivity contribution in [3.8, 4) is 22.3 Å². The molecule has 192 valence electrons. The quantitative estimate of drug-likeness (QED) is 0.271. The Kier molecular flexibility index (Phi) is 7.75. The molecule has 6 rings (SSSR count). The second-order valence-electron chi connectivity index (χ2n) is 9.09. The topological polar surface area (TPSA) is 69.8 Å². The van der Waals surface area contributed by atoms with E-state index in [1.165, 1.54) is 11.3 Å². The number of anilines is 2. The molecule has 4 aromatic rings. The van der Waals surface area contributed by atoms with E-state index < -0.39 is 0 Å². The van der Waals surface area contributed by atoms with Crippen molar-refractivity contribution >= 4 is 29.3 Å². The minimum absolute atomic E-state index is 0.711. The monoisotopic (exact) mass is 503 g/mol. The highest BCUT2D eigenvalue weighted by Crippen LogP contribution is 2.34. The number of piperazine rings is 1. The molecular formula is C31H33N7. The molecule has 0 spiro atoms. The molecule has 2 aromatic heterocycles. The van der Waals surface area contributed by atoms with Crippen molar-refractivity contribution in [2.45, 2.75) is 6.92 Å². The first kappa shape index (κ1) is 25.2. The molecule has 0 unspecified atom stereocenters. The van der Waals surface area contributed by atoms with E-state index in [1.807, 2.05) is 23.8 Å². The summed E-state index contributed by atoms with van der Waals surface area (Å²) in [7, 11) is 0. The zero-order chi connectivity index (χ0) is 26.3.